The SMILES string of the molecule is COC(=O)c1cc(C)c2c(c1)S(=O)(=O)Cc1cc(NC(=O)CNC3CCCCC3)cc(Cl)c1O2. The second-order valence-electron chi connectivity index (χ2n) is 8.68. The fraction of sp³-hybridized carbons (Fsp3) is 0.417. The van der Waals surface area contributed by atoms with Crippen molar-refractivity contribution in [1.82, 2.24) is 5.32 Å². The van der Waals surface area contributed by atoms with Crippen LogP contribution in [0.1, 0.15) is 53.6 Å². The molecule has 1 amide bonds. The topological polar surface area (TPSA) is 111 Å². The Labute approximate surface area is 203 Å². The summed E-state index contributed by atoms with van der Waals surface area (Å²) in [5.74, 6) is -0.963. The van der Waals surface area contributed by atoms with E-state index in [2.05, 4.69) is 10.6 Å². The predicted octanol–water partition coefficient (Wildman–Crippen LogP) is 4.38. The van der Waals surface area contributed by atoms with E-state index in [1.165, 1.54) is 31.7 Å². The average Bonchev–Trinajstić information content (AvgIpc) is 2.91. The number of carbonyl (C=O) groups excluding carboxylic acids is 2. The maximum absolute atomic E-state index is 13.2. The van der Waals surface area contributed by atoms with Crippen LogP contribution in [0.3, 0.4) is 0 Å². The van der Waals surface area contributed by atoms with E-state index >= 15 is 0 Å². The monoisotopic (exact) mass is 506 g/mol. The number of anilines is 1. The third-order valence-corrected chi connectivity index (χ3v) is 8.05. The fourth-order valence-corrected chi connectivity index (χ4v) is 6.27. The highest BCUT2D eigenvalue weighted by Gasteiger charge is 2.31. The highest BCUT2D eigenvalue weighted by atomic mass is 35.5. The number of amides is 1. The van der Waals surface area contributed by atoms with Crippen LogP contribution in [0.2, 0.25) is 5.02 Å². The Morgan fingerprint density at radius 1 is 1.12 bits per heavy atom. The van der Waals surface area contributed by atoms with Crippen molar-refractivity contribution in [2.45, 2.75) is 55.7 Å². The van der Waals surface area contributed by atoms with E-state index < -0.39 is 21.6 Å². The Morgan fingerprint density at radius 3 is 2.56 bits per heavy atom. The molecular formula is C24H27ClN2O6S. The molecule has 182 valence electrons. The summed E-state index contributed by atoms with van der Waals surface area (Å²) < 4.78 is 37.1. The van der Waals surface area contributed by atoms with E-state index in [-0.39, 0.29) is 39.4 Å². The summed E-state index contributed by atoms with van der Waals surface area (Å²) in [6.45, 7) is 1.81. The van der Waals surface area contributed by atoms with Crippen LogP contribution in [-0.2, 0) is 25.1 Å². The van der Waals surface area contributed by atoms with Gasteiger partial charge in [-0.25, -0.2) is 13.2 Å². The number of hydrogen-bond acceptors (Lipinski definition) is 7. The van der Waals surface area contributed by atoms with Gasteiger partial charge in [0.05, 0.1) is 30.0 Å². The van der Waals surface area contributed by atoms with Gasteiger partial charge in [0.25, 0.3) is 0 Å². The number of sulfone groups is 1. The van der Waals surface area contributed by atoms with Gasteiger partial charge in [0.1, 0.15) is 16.4 Å². The number of ether oxygens (including phenoxy) is 2. The van der Waals surface area contributed by atoms with Crippen LogP contribution in [0, 0.1) is 6.92 Å². The maximum atomic E-state index is 13.2. The molecule has 2 aromatic carbocycles. The minimum atomic E-state index is -3.88. The van der Waals surface area contributed by atoms with Crippen molar-refractivity contribution < 1.29 is 27.5 Å². The summed E-state index contributed by atoms with van der Waals surface area (Å²) >= 11 is 6.46. The van der Waals surface area contributed by atoms with Crippen molar-refractivity contribution in [2.24, 2.45) is 0 Å². The third-order valence-electron chi connectivity index (χ3n) is 6.11. The molecule has 1 aliphatic carbocycles. The number of esters is 1. The molecular weight excluding hydrogens is 480 g/mol. The summed E-state index contributed by atoms with van der Waals surface area (Å²) in [7, 11) is -2.66. The molecule has 1 fully saturated rings. The minimum absolute atomic E-state index is 0.109. The van der Waals surface area contributed by atoms with E-state index in [0.717, 1.165) is 25.7 Å². The summed E-state index contributed by atoms with van der Waals surface area (Å²) in [5, 5.41) is 6.24. The van der Waals surface area contributed by atoms with Gasteiger partial charge in [0, 0.05) is 17.3 Å². The van der Waals surface area contributed by atoms with Crippen molar-refractivity contribution in [3.8, 4) is 11.5 Å². The van der Waals surface area contributed by atoms with Crippen molar-refractivity contribution in [1.29, 1.82) is 0 Å². The van der Waals surface area contributed by atoms with E-state index in [0.29, 0.717) is 22.9 Å². The first kappa shape index (κ1) is 24.5. The smallest absolute Gasteiger partial charge is 0.337 e. The second-order valence-corrected chi connectivity index (χ2v) is 11.0. The van der Waals surface area contributed by atoms with E-state index in [1.807, 2.05) is 0 Å². The molecule has 4 rings (SSSR count). The number of nitrogens with one attached hydrogen (secondary N) is 2. The molecule has 1 heterocycles. The Kier molecular flexibility index (Phi) is 7.16. The number of benzene rings is 2. The van der Waals surface area contributed by atoms with Crippen LogP contribution >= 0.6 is 11.6 Å². The van der Waals surface area contributed by atoms with Crippen LogP contribution in [0.25, 0.3) is 0 Å². The first-order chi connectivity index (χ1) is 16.2. The highest BCUT2D eigenvalue weighted by Crippen LogP contribution is 2.44. The largest absolute Gasteiger partial charge is 0.465 e. The number of halogens is 1. The molecule has 34 heavy (non-hydrogen) atoms. The fourth-order valence-electron chi connectivity index (χ4n) is 4.42. The zero-order valence-corrected chi connectivity index (χ0v) is 20.6. The number of aryl methyl sites for hydroxylation is 1. The molecule has 0 unspecified atom stereocenters. The molecule has 0 spiro atoms. The molecule has 10 heteroatoms. The lowest BCUT2D eigenvalue weighted by Crippen LogP contribution is -2.37. The molecule has 0 atom stereocenters. The summed E-state index contributed by atoms with van der Waals surface area (Å²) in [5.41, 5.74) is 1.27. The number of fused-ring (bicyclic) bond motifs is 2. The Balaban J connectivity index is 1.59. The standard InChI is InChI=1S/C24H27ClN2O6S/c1-14-8-15(24(29)32-2)10-20-22(14)33-23-16(13-34(20,30)31)9-18(11-19(23)25)27-21(28)12-26-17-6-4-3-5-7-17/h8-11,17,26H,3-7,12-13H2,1-2H3,(H,27,28). The van der Waals surface area contributed by atoms with Gasteiger partial charge in [-0.15, -0.1) is 0 Å². The van der Waals surface area contributed by atoms with Gasteiger partial charge in [-0.1, -0.05) is 30.9 Å². The van der Waals surface area contributed by atoms with Crippen molar-refractivity contribution >= 4 is 39.0 Å². The molecule has 1 saturated carbocycles. The van der Waals surface area contributed by atoms with Crippen LogP contribution in [0.4, 0.5) is 5.69 Å². The van der Waals surface area contributed by atoms with E-state index in [4.69, 9.17) is 21.1 Å². The van der Waals surface area contributed by atoms with Crippen LogP contribution in [-0.4, -0.2) is 40.0 Å². The molecule has 0 radical (unpaired) electrons. The van der Waals surface area contributed by atoms with Crippen molar-refractivity contribution in [3.63, 3.8) is 0 Å². The lowest BCUT2D eigenvalue weighted by molar-refractivity contribution is -0.115. The zero-order valence-electron chi connectivity index (χ0n) is 19.1. The quantitative estimate of drug-likeness (QED) is 0.579. The number of rotatable bonds is 5. The van der Waals surface area contributed by atoms with Crippen LogP contribution in [0.15, 0.2) is 29.2 Å². The number of methoxy groups -OCH3 is 1. The van der Waals surface area contributed by atoms with Gasteiger partial charge in [-0.3, -0.25) is 4.79 Å². The van der Waals surface area contributed by atoms with Crippen molar-refractivity contribution in [2.75, 3.05) is 19.0 Å². The van der Waals surface area contributed by atoms with Gasteiger partial charge in [-0.2, -0.15) is 0 Å². The van der Waals surface area contributed by atoms with Crippen molar-refractivity contribution in [3.05, 3.63) is 46.0 Å². The van der Waals surface area contributed by atoms with Gasteiger partial charge in [0.2, 0.25) is 5.91 Å². The normalized spacial score (nSPS) is 17.0. The predicted molar refractivity (Wildman–Crippen MR) is 128 cm³/mol. The van der Waals surface area contributed by atoms with Gasteiger partial charge in [-0.05, 0) is 49.6 Å². The summed E-state index contributed by atoms with van der Waals surface area (Å²) in [4.78, 5) is 24.4. The lowest BCUT2D eigenvalue weighted by Gasteiger charge is -2.22. The van der Waals surface area contributed by atoms with Crippen LogP contribution in [0.5, 0.6) is 11.5 Å². The van der Waals surface area contributed by atoms with Gasteiger partial charge in [0.15, 0.2) is 9.84 Å². The minimum Gasteiger partial charge on any atom is -0.465 e. The number of hydrogen-bond donors (Lipinski definition) is 2. The van der Waals surface area contributed by atoms with Gasteiger partial charge >= 0.3 is 5.97 Å². The molecule has 2 aliphatic rings. The first-order valence-corrected chi connectivity index (χ1v) is 13.2. The molecule has 0 bridgehead atoms. The second kappa shape index (κ2) is 9.93. The van der Waals surface area contributed by atoms with Crippen LogP contribution < -0.4 is 15.4 Å². The Hall–Kier alpha value is -2.62. The molecule has 2 N–H and O–H groups in total. The average molecular weight is 507 g/mol. The first-order valence-electron chi connectivity index (χ1n) is 11.2. The molecule has 0 saturated heterocycles. The molecule has 1 aliphatic heterocycles. The molecule has 8 nitrogen and oxygen atoms in total. The molecule has 0 aromatic heterocycles. The van der Waals surface area contributed by atoms with E-state index in [9.17, 15) is 18.0 Å². The lowest BCUT2D eigenvalue weighted by atomic mass is 9.95. The molecule has 2 aromatic rings. The summed E-state index contributed by atoms with van der Waals surface area (Å²) in [6.07, 6.45) is 5.68. The Bertz CT molecular complexity index is 1240. The third kappa shape index (κ3) is 5.21. The maximum Gasteiger partial charge on any atom is 0.337 e. The summed E-state index contributed by atoms with van der Waals surface area (Å²) in [6, 6.07) is 6.19. The Morgan fingerprint density at radius 2 is 1.85 bits per heavy atom. The van der Waals surface area contributed by atoms with E-state index in [1.54, 1.807) is 13.0 Å². The highest BCUT2D eigenvalue weighted by molar-refractivity contribution is 7.90. The van der Waals surface area contributed by atoms with Gasteiger partial charge < -0.3 is 20.1 Å². The number of carbonyl (C=O) groups is 2. The zero-order chi connectivity index (χ0) is 24.5.